The molecule has 4 saturated carbocycles. The van der Waals surface area contributed by atoms with Crippen molar-refractivity contribution < 1.29 is 24.2 Å². The molecular weight excluding hydrogens is 368 g/mol. The van der Waals surface area contributed by atoms with E-state index in [4.69, 9.17) is 9.47 Å². The molecule has 3 unspecified atom stereocenters. The predicted molar refractivity (Wildman–Crippen MR) is 111 cm³/mol. The van der Waals surface area contributed by atoms with E-state index in [1.54, 1.807) is 0 Å². The quantitative estimate of drug-likeness (QED) is 0.648. The Morgan fingerprint density at radius 1 is 0.966 bits per heavy atom. The Balaban J connectivity index is 1.72. The van der Waals surface area contributed by atoms with E-state index >= 15 is 0 Å². The van der Waals surface area contributed by atoms with Crippen molar-refractivity contribution in [2.45, 2.75) is 111 Å². The molecule has 3 atom stereocenters. The molecule has 0 aromatic rings. The van der Waals surface area contributed by atoms with Gasteiger partial charge in [0.1, 0.15) is 11.2 Å². The molecule has 4 fully saturated rings. The van der Waals surface area contributed by atoms with E-state index in [0.29, 0.717) is 18.8 Å². The van der Waals surface area contributed by atoms with Gasteiger partial charge in [-0.2, -0.15) is 0 Å². The van der Waals surface area contributed by atoms with Crippen LogP contribution >= 0.6 is 0 Å². The second-order valence-corrected chi connectivity index (χ2v) is 12.0. The lowest BCUT2D eigenvalue weighted by Crippen LogP contribution is -2.59. The number of hydrogen-bond acceptors (Lipinski definition) is 5. The Morgan fingerprint density at radius 2 is 1.52 bits per heavy atom. The van der Waals surface area contributed by atoms with Gasteiger partial charge in [-0.15, -0.1) is 0 Å². The molecule has 0 aromatic carbocycles. The first kappa shape index (κ1) is 22.6. The van der Waals surface area contributed by atoms with Gasteiger partial charge < -0.3 is 14.6 Å². The molecule has 29 heavy (non-hydrogen) atoms. The largest absolute Gasteiger partial charge is 0.460 e. The first-order valence-corrected chi connectivity index (χ1v) is 11.3. The number of aliphatic hydroxyl groups excluding tert-OH is 1. The summed E-state index contributed by atoms with van der Waals surface area (Å²) < 4.78 is 11.9. The monoisotopic (exact) mass is 408 g/mol. The minimum absolute atomic E-state index is 0.201. The van der Waals surface area contributed by atoms with Crippen molar-refractivity contribution in [2.75, 3.05) is 0 Å². The summed E-state index contributed by atoms with van der Waals surface area (Å²) in [6.45, 7) is 13.2. The fourth-order valence-corrected chi connectivity index (χ4v) is 6.17. The van der Waals surface area contributed by atoms with Crippen LogP contribution in [0.2, 0.25) is 0 Å². The average Bonchev–Trinajstić information content (AvgIpc) is 2.56. The minimum atomic E-state index is -0.783. The van der Waals surface area contributed by atoms with Crippen molar-refractivity contribution in [3.05, 3.63) is 0 Å². The highest BCUT2D eigenvalue weighted by Crippen LogP contribution is 2.57. The molecule has 0 amide bonds. The van der Waals surface area contributed by atoms with Crippen LogP contribution < -0.4 is 0 Å². The fraction of sp³-hybridized carbons (Fsp3) is 0.917. The molecule has 5 heteroatoms. The smallest absolute Gasteiger partial charge is 0.312 e. The van der Waals surface area contributed by atoms with E-state index in [1.165, 1.54) is 0 Å². The molecule has 4 aliphatic carbocycles. The van der Waals surface area contributed by atoms with Crippen LogP contribution in [-0.2, 0) is 19.1 Å². The third kappa shape index (κ3) is 4.50. The molecule has 4 rings (SSSR count). The summed E-state index contributed by atoms with van der Waals surface area (Å²) in [5, 5.41) is 10.5. The van der Waals surface area contributed by atoms with E-state index < -0.39 is 22.0 Å². The van der Waals surface area contributed by atoms with Gasteiger partial charge in [0.05, 0.1) is 16.9 Å². The van der Waals surface area contributed by atoms with Crippen LogP contribution in [0.15, 0.2) is 0 Å². The third-order valence-corrected chi connectivity index (χ3v) is 7.53. The van der Waals surface area contributed by atoms with Crippen molar-refractivity contribution in [2.24, 2.45) is 28.6 Å². The lowest BCUT2D eigenvalue weighted by molar-refractivity contribution is -0.215. The Kier molecular flexibility index (Phi) is 5.64. The fourth-order valence-electron chi connectivity index (χ4n) is 6.17. The molecule has 4 bridgehead atoms. The van der Waals surface area contributed by atoms with Crippen LogP contribution in [0.5, 0.6) is 0 Å². The maximum Gasteiger partial charge on any atom is 0.312 e. The van der Waals surface area contributed by atoms with E-state index in [0.717, 1.165) is 32.1 Å². The lowest BCUT2D eigenvalue weighted by Gasteiger charge is -2.58. The molecule has 0 heterocycles. The van der Waals surface area contributed by atoms with Crippen LogP contribution in [0.25, 0.3) is 0 Å². The number of carbonyl (C=O) groups is 2. The van der Waals surface area contributed by atoms with E-state index in [-0.39, 0.29) is 29.9 Å². The average molecular weight is 409 g/mol. The van der Waals surface area contributed by atoms with E-state index in [9.17, 15) is 14.7 Å². The molecule has 0 spiro atoms. The SMILES string of the molecule is CCC(C)(CC(C)(C)C(=O)OC(C)(C)C)C(=O)OC12CC3CC(C1)C(O)C(C3)C2. The minimum Gasteiger partial charge on any atom is -0.460 e. The van der Waals surface area contributed by atoms with E-state index in [2.05, 4.69) is 0 Å². The second-order valence-electron chi connectivity index (χ2n) is 12.0. The molecule has 5 nitrogen and oxygen atoms in total. The van der Waals surface area contributed by atoms with Gasteiger partial charge in [-0.05, 0) is 104 Å². The molecule has 0 saturated heterocycles. The maximum absolute atomic E-state index is 13.4. The summed E-state index contributed by atoms with van der Waals surface area (Å²) in [7, 11) is 0. The number of ether oxygens (including phenoxy) is 2. The number of esters is 2. The highest BCUT2D eigenvalue weighted by Gasteiger charge is 2.58. The number of hydrogen-bond donors (Lipinski definition) is 1. The molecular formula is C24H40O5. The Labute approximate surface area is 175 Å². The summed E-state index contributed by atoms with van der Waals surface area (Å²) in [5.74, 6) is 0.610. The first-order chi connectivity index (χ1) is 13.2. The van der Waals surface area contributed by atoms with Gasteiger partial charge in [0, 0.05) is 0 Å². The van der Waals surface area contributed by atoms with Gasteiger partial charge in [-0.3, -0.25) is 9.59 Å². The molecule has 4 aliphatic rings. The Hall–Kier alpha value is -1.10. The van der Waals surface area contributed by atoms with Crippen molar-refractivity contribution >= 4 is 11.9 Å². The predicted octanol–water partition coefficient (Wildman–Crippen LogP) is 4.64. The van der Waals surface area contributed by atoms with Gasteiger partial charge in [-0.1, -0.05) is 6.92 Å². The summed E-state index contributed by atoms with van der Waals surface area (Å²) in [5.41, 5.74) is -2.51. The zero-order chi connectivity index (χ0) is 21.8. The number of aliphatic hydroxyl groups is 1. The van der Waals surface area contributed by atoms with Crippen LogP contribution in [-0.4, -0.2) is 34.4 Å². The van der Waals surface area contributed by atoms with Crippen LogP contribution in [0.4, 0.5) is 0 Å². The third-order valence-electron chi connectivity index (χ3n) is 7.53. The molecule has 166 valence electrons. The van der Waals surface area contributed by atoms with Gasteiger partial charge in [0.2, 0.25) is 0 Å². The molecule has 0 aromatic heterocycles. The second kappa shape index (κ2) is 7.25. The zero-order valence-electron chi connectivity index (χ0n) is 19.3. The maximum atomic E-state index is 13.4. The van der Waals surface area contributed by atoms with Crippen molar-refractivity contribution in [3.63, 3.8) is 0 Å². The molecule has 0 aliphatic heterocycles. The van der Waals surface area contributed by atoms with Gasteiger partial charge in [-0.25, -0.2) is 0 Å². The van der Waals surface area contributed by atoms with Crippen molar-refractivity contribution in [3.8, 4) is 0 Å². The summed E-state index contributed by atoms with van der Waals surface area (Å²) >= 11 is 0. The molecule has 1 N–H and O–H groups in total. The van der Waals surface area contributed by atoms with Gasteiger partial charge in [0.15, 0.2) is 0 Å². The van der Waals surface area contributed by atoms with Crippen molar-refractivity contribution in [1.29, 1.82) is 0 Å². The highest BCUT2D eigenvalue weighted by atomic mass is 16.6. The Morgan fingerprint density at radius 3 is 2.00 bits per heavy atom. The number of rotatable bonds is 6. The van der Waals surface area contributed by atoms with Crippen LogP contribution in [0.3, 0.4) is 0 Å². The van der Waals surface area contributed by atoms with Gasteiger partial charge >= 0.3 is 11.9 Å². The molecule has 0 radical (unpaired) electrons. The summed E-state index contributed by atoms with van der Waals surface area (Å²) in [4.78, 5) is 26.2. The lowest BCUT2D eigenvalue weighted by atomic mass is 9.53. The number of carbonyl (C=O) groups excluding carboxylic acids is 2. The standard InChI is InChI=1S/C24H40O5/c1-8-23(7,14-22(5,6)19(26)28-21(2,3)4)20(27)29-24-11-15-9-16(12-24)18(25)17(10-15)13-24/h15-18,25H,8-14H2,1-7H3. The normalized spacial score (nSPS) is 35.9. The summed E-state index contributed by atoms with van der Waals surface area (Å²) in [6.07, 6.45) is 5.37. The summed E-state index contributed by atoms with van der Waals surface area (Å²) in [6, 6.07) is 0. The van der Waals surface area contributed by atoms with E-state index in [1.807, 2.05) is 48.5 Å². The Bertz CT molecular complexity index is 645. The van der Waals surface area contributed by atoms with Crippen LogP contribution in [0, 0.1) is 28.6 Å². The zero-order valence-corrected chi connectivity index (χ0v) is 19.3. The highest BCUT2D eigenvalue weighted by molar-refractivity contribution is 5.80. The van der Waals surface area contributed by atoms with Gasteiger partial charge in [0.25, 0.3) is 0 Å². The van der Waals surface area contributed by atoms with Crippen LogP contribution in [0.1, 0.15) is 93.4 Å². The topological polar surface area (TPSA) is 72.8 Å². The van der Waals surface area contributed by atoms with Crippen molar-refractivity contribution in [1.82, 2.24) is 0 Å². The first-order valence-electron chi connectivity index (χ1n) is 11.3.